The smallest absolute Gasteiger partial charge is 0.254 e. The number of nitrogens with one attached hydrogen (secondary N) is 1. The number of carbonyl (C=O) groups is 2. The van der Waals surface area contributed by atoms with Crippen molar-refractivity contribution < 1.29 is 14.0 Å². The highest BCUT2D eigenvalue weighted by Gasteiger charge is 2.09. The van der Waals surface area contributed by atoms with Crippen LogP contribution in [0.3, 0.4) is 0 Å². The van der Waals surface area contributed by atoms with Gasteiger partial charge in [0.05, 0.1) is 5.56 Å². The summed E-state index contributed by atoms with van der Waals surface area (Å²) in [4.78, 5) is 21.7. The molecule has 1 aromatic carbocycles. The van der Waals surface area contributed by atoms with Crippen molar-refractivity contribution in [2.24, 2.45) is 0 Å². The Labute approximate surface area is 113 Å². The summed E-state index contributed by atoms with van der Waals surface area (Å²) in [5.74, 6) is -0.854. The van der Waals surface area contributed by atoms with Gasteiger partial charge in [0.25, 0.3) is 5.91 Å². The molecule has 0 heterocycles. The molecule has 0 radical (unpaired) electrons. The summed E-state index contributed by atoms with van der Waals surface area (Å²) < 4.78 is 13.3. The zero-order chi connectivity index (χ0) is 13.9. The molecule has 104 valence electrons. The fourth-order valence-corrected chi connectivity index (χ4v) is 1.83. The van der Waals surface area contributed by atoms with E-state index in [0.29, 0.717) is 13.0 Å². The SMILES string of the molecule is O=CCCCCCCCNC(=O)c1ccccc1F. The summed E-state index contributed by atoms with van der Waals surface area (Å²) in [5.41, 5.74) is 0.0912. The first-order valence-electron chi connectivity index (χ1n) is 6.72. The standard InChI is InChI=1S/C15H20FNO2/c16-14-10-6-5-9-13(14)15(19)17-11-7-3-1-2-4-8-12-18/h5-6,9-10,12H,1-4,7-8,11H2,(H,17,19). The quantitative estimate of drug-likeness (QED) is 0.551. The van der Waals surface area contributed by atoms with Gasteiger partial charge in [-0.3, -0.25) is 4.79 Å². The van der Waals surface area contributed by atoms with Gasteiger partial charge in [0, 0.05) is 13.0 Å². The lowest BCUT2D eigenvalue weighted by atomic mass is 10.1. The zero-order valence-corrected chi connectivity index (χ0v) is 11.0. The summed E-state index contributed by atoms with van der Waals surface area (Å²) in [6.07, 6.45) is 6.49. The maximum Gasteiger partial charge on any atom is 0.254 e. The highest BCUT2D eigenvalue weighted by atomic mass is 19.1. The van der Waals surface area contributed by atoms with Crippen LogP contribution in [0.1, 0.15) is 48.9 Å². The van der Waals surface area contributed by atoms with Crippen LogP contribution in [0.15, 0.2) is 24.3 Å². The van der Waals surface area contributed by atoms with Crippen molar-refractivity contribution in [2.75, 3.05) is 6.54 Å². The van der Waals surface area contributed by atoms with Crippen molar-refractivity contribution in [1.82, 2.24) is 5.32 Å². The second kappa shape index (κ2) is 9.25. The molecule has 1 N–H and O–H groups in total. The Bertz CT molecular complexity index is 407. The molecule has 0 aromatic heterocycles. The Morgan fingerprint density at radius 2 is 1.79 bits per heavy atom. The van der Waals surface area contributed by atoms with Gasteiger partial charge in [-0.05, 0) is 25.0 Å². The number of halogens is 1. The number of aldehydes is 1. The van der Waals surface area contributed by atoms with Gasteiger partial charge in [-0.15, -0.1) is 0 Å². The molecule has 4 heteroatoms. The molecule has 19 heavy (non-hydrogen) atoms. The van der Waals surface area contributed by atoms with Crippen LogP contribution >= 0.6 is 0 Å². The van der Waals surface area contributed by atoms with Gasteiger partial charge in [0.2, 0.25) is 0 Å². The van der Waals surface area contributed by atoms with Crippen molar-refractivity contribution >= 4 is 12.2 Å². The number of hydrogen-bond donors (Lipinski definition) is 1. The van der Waals surface area contributed by atoms with Gasteiger partial charge in [-0.1, -0.05) is 31.4 Å². The topological polar surface area (TPSA) is 46.2 Å². The molecule has 0 atom stereocenters. The molecule has 0 aliphatic rings. The summed E-state index contributed by atoms with van der Waals surface area (Å²) >= 11 is 0. The monoisotopic (exact) mass is 265 g/mol. The summed E-state index contributed by atoms with van der Waals surface area (Å²) in [6, 6.07) is 5.96. The van der Waals surface area contributed by atoms with Crippen LogP contribution in [0.25, 0.3) is 0 Å². The van der Waals surface area contributed by atoms with Crippen LogP contribution in [0.2, 0.25) is 0 Å². The van der Waals surface area contributed by atoms with E-state index in [4.69, 9.17) is 0 Å². The molecule has 0 fully saturated rings. The van der Waals surface area contributed by atoms with E-state index in [1.807, 2.05) is 0 Å². The van der Waals surface area contributed by atoms with E-state index in [0.717, 1.165) is 38.4 Å². The number of carbonyl (C=O) groups excluding carboxylic acids is 2. The summed E-state index contributed by atoms with van der Waals surface area (Å²) in [5, 5.41) is 2.71. The fourth-order valence-electron chi connectivity index (χ4n) is 1.83. The van der Waals surface area contributed by atoms with Crippen molar-refractivity contribution in [1.29, 1.82) is 0 Å². The second-order valence-electron chi connectivity index (χ2n) is 4.46. The highest BCUT2D eigenvalue weighted by Crippen LogP contribution is 2.06. The van der Waals surface area contributed by atoms with Gasteiger partial charge < -0.3 is 10.1 Å². The minimum absolute atomic E-state index is 0.0912. The molecule has 0 unspecified atom stereocenters. The van der Waals surface area contributed by atoms with Gasteiger partial charge >= 0.3 is 0 Å². The van der Waals surface area contributed by atoms with E-state index in [1.54, 1.807) is 12.1 Å². The van der Waals surface area contributed by atoms with Crippen molar-refractivity contribution in [3.05, 3.63) is 35.6 Å². The van der Waals surface area contributed by atoms with Crippen LogP contribution in [0.4, 0.5) is 4.39 Å². The molecule has 3 nitrogen and oxygen atoms in total. The van der Waals surface area contributed by atoms with Crippen LogP contribution < -0.4 is 5.32 Å². The van der Waals surface area contributed by atoms with Gasteiger partial charge in [-0.2, -0.15) is 0 Å². The van der Waals surface area contributed by atoms with E-state index < -0.39 is 5.82 Å². The van der Waals surface area contributed by atoms with Crippen molar-refractivity contribution in [3.8, 4) is 0 Å². The second-order valence-corrected chi connectivity index (χ2v) is 4.46. The molecular weight excluding hydrogens is 245 g/mol. The minimum atomic E-state index is -0.492. The Kier molecular flexibility index (Phi) is 7.47. The van der Waals surface area contributed by atoms with E-state index >= 15 is 0 Å². The first-order valence-corrected chi connectivity index (χ1v) is 6.72. The highest BCUT2D eigenvalue weighted by molar-refractivity contribution is 5.94. The minimum Gasteiger partial charge on any atom is -0.352 e. The zero-order valence-electron chi connectivity index (χ0n) is 11.0. The third-order valence-electron chi connectivity index (χ3n) is 2.90. The molecule has 1 rings (SSSR count). The Balaban J connectivity index is 2.11. The Hall–Kier alpha value is -1.71. The molecular formula is C15H20FNO2. The number of hydrogen-bond acceptors (Lipinski definition) is 2. The fraction of sp³-hybridized carbons (Fsp3) is 0.467. The maximum absolute atomic E-state index is 13.3. The van der Waals surface area contributed by atoms with E-state index in [-0.39, 0.29) is 11.5 Å². The van der Waals surface area contributed by atoms with E-state index in [1.165, 1.54) is 12.1 Å². The predicted octanol–water partition coefficient (Wildman–Crippen LogP) is 3.10. The number of benzene rings is 1. The first kappa shape index (κ1) is 15.3. The predicted molar refractivity (Wildman–Crippen MR) is 72.5 cm³/mol. The Morgan fingerprint density at radius 1 is 1.11 bits per heavy atom. The lowest BCUT2D eigenvalue weighted by Crippen LogP contribution is -2.25. The average molecular weight is 265 g/mol. The Morgan fingerprint density at radius 3 is 2.53 bits per heavy atom. The van der Waals surface area contributed by atoms with Gasteiger partial charge in [0.15, 0.2) is 0 Å². The van der Waals surface area contributed by atoms with Gasteiger partial charge in [0.1, 0.15) is 12.1 Å². The average Bonchev–Trinajstić information content (AvgIpc) is 2.42. The molecule has 0 saturated heterocycles. The first-order chi connectivity index (χ1) is 9.25. The van der Waals surface area contributed by atoms with Crippen LogP contribution in [-0.4, -0.2) is 18.7 Å². The largest absolute Gasteiger partial charge is 0.352 e. The summed E-state index contributed by atoms with van der Waals surface area (Å²) in [6.45, 7) is 0.556. The molecule has 0 bridgehead atoms. The van der Waals surface area contributed by atoms with E-state index in [9.17, 15) is 14.0 Å². The van der Waals surface area contributed by atoms with Gasteiger partial charge in [-0.25, -0.2) is 4.39 Å². The van der Waals surface area contributed by atoms with E-state index in [2.05, 4.69) is 5.32 Å². The number of amides is 1. The molecule has 1 aromatic rings. The normalized spacial score (nSPS) is 10.2. The van der Waals surface area contributed by atoms with Crippen LogP contribution in [0.5, 0.6) is 0 Å². The molecule has 0 aliphatic heterocycles. The lowest BCUT2D eigenvalue weighted by molar-refractivity contribution is -0.107. The maximum atomic E-state index is 13.3. The summed E-state index contributed by atoms with van der Waals surface area (Å²) in [7, 11) is 0. The number of rotatable bonds is 9. The van der Waals surface area contributed by atoms with Crippen LogP contribution in [0, 0.1) is 5.82 Å². The molecule has 0 spiro atoms. The molecule has 0 saturated carbocycles. The lowest BCUT2D eigenvalue weighted by Gasteiger charge is -2.05. The van der Waals surface area contributed by atoms with Crippen molar-refractivity contribution in [2.45, 2.75) is 38.5 Å². The molecule has 1 amide bonds. The third kappa shape index (κ3) is 6.13. The third-order valence-corrected chi connectivity index (χ3v) is 2.90. The van der Waals surface area contributed by atoms with Crippen molar-refractivity contribution in [3.63, 3.8) is 0 Å². The number of unbranched alkanes of at least 4 members (excludes halogenated alkanes) is 5. The van der Waals surface area contributed by atoms with Crippen LogP contribution in [-0.2, 0) is 4.79 Å². The molecule has 0 aliphatic carbocycles.